The summed E-state index contributed by atoms with van der Waals surface area (Å²) in [7, 11) is 3.10. The average Bonchev–Trinajstić information content (AvgIpc) is 2.90. The van der Waals surface area contributed by atoms with E-state index in [1.54, 1.807) is 37.3 Å². The van der Waals surface area contributed by atoms with Crippen molar-refractivity contribution < 1.29 is 23.8 Å². The highest BCUT2D eigenvalue weighted by Crippen LogP contribution is 2.27. The Bertz CT molecular complexity index is 1160. The molecule has 0 aliphatic rings. The van der Waals surface area contributed by atoms with Crippen molar-refractivity contribution in [2.24, 2.45) is 0 Å². The van der Waals surface area contributed by atoms with E-state index in [0.29, 0.717) is 23.7 Å². The minimum atomic E-state index is -0.722. The summed E-state index contributed by atoms with van der Waals surface area (Å²) in [4.78, 5) is 28.8. The Hall–Kier alpha value is -4.00. The Morgan fingerprint density at radius 2 is 1.46 bits per heavy atom. The normalized spacial score (nSPS) is 11.5. The first kappa shape index (κ1) is 27.6. The number of hydrogen-bond acceptors (Lipinski definition) is 5. The second-order valence-corrected chi connectivity index (χ2v) is 9.15. The van der Waals surface area contributed by atoms with Crippen molar-refractivity contribution >= 4 is 11.8 Å². The number of rotatable bonds is 12. The lowest BCUT2D eigenvalue weighted by atomic mass is 10.0. The van der Waals surface area contributed by atoms with Gasteiger partial charge in [-0.3, -0.25) is 9.59 Å². The van der Waals surface area contributed by atoms with Gasteiger partial charge in [0.25, 0.3) is 5.91 Å². The molecule has 0 radical (unpaired) electrons. The van der Waals surface area contributed by atoms with Crippen LogP contribution in [0.5, 0.6) is 17.2 Å². The zero-order valence-electron chi connectivity index (χ0n) is 22.2. The molecule has 7 nitrogen and oxygen atoms in total. The maximum Gasteiger partial charge on any atom is 0.261 e. The van der Waals surface area contributed by atoms with E-state index in [1.165, 1.54) is 0 Å². The molecule has 1 atom stereocenters. The minimum Gasteiger partial charge on any atom is -0.496 e. The Kier molecular flexibility index (Phi) is 9.95. The van der Waals surface area contributed by atoms with Gasteiger partial charge < -0.3 is 24.4 Å². The van der Waals surface area contributed by atoms with Crippen molar-refractivity contribution in [3.8, 4) is 17.2 Å². The first-order chi connectivity index (χ1) is 17.8. The maximum atomic E-state index is 13.7. The number of ether oxygens (including phenoxy) is 3. The fourth-order valence-corrected chi connectivity index (χ4v) is 4.00. The molecule has 37 heavy (non-hydrogen) atoms. The lowest BCUT2D eigenvalue weighted by Crippen LogP contribution is -2.52. The van der Waals surface area contributed by atoms with Gasteiger partial charge in [-0.05, 0) is 37.5 Å². The number of aryl methyl sites for hydroxylation is 1. The van der Waals surface area contributed by atoms with Gasteiger partial charge in [-0.25, -0.2) is 0 Å². The highest BCUT2D eigenvalue weighted by molar-refractivity contribution is 5.88. The van der Waals surface area contributed by atoms with Crippen molar-refractivity contribution in [2.45, 2.75) is 45.8 Å². The molecule has 0 unspecified atom stereocenters. The molecule has 0 fully saturated rings. The first-order valence-corrected chi connectivity index (χ1v) is 12.3. The fourth-order valence-electron chi connectivity index (χ4n) is 4.00. The highest BCUT2D eigenvalue weighted by Gasteiger charge is 2.31. The molecule has 0 saturated heterocycles. The summed E-state index contributed by atoms with van der Waals surface area (Å²) in [6.45, 7) is 5.84. The van der Waals surface area contributed by atoms with E-state index in [0.717, 1.165) is 16.7 Å². The number of carbonyl (C=O) groups is 2. The zero-order valence-corrected chi connectivity index (χ0v) is 22.2. The van der Waals surface area contributed by atoms with Crippen LogP contribution in [-0.4, -0.2) is 49.6 Å². The van der Waals surface area contributed by atoms with Crippen LogP contribution in [0.2, 0.25) is 0 Å². The Balaban J connectivity index is 1.93. The Morgan fingerprint density at radius 1 is 0.865 bits per heavy atom. The van der Waals surface area contributed by atoms with Gasteiger partial charge in [0.1, 0.15) is 23.3 Å². The molecule has 7 heteroatoms. The van der Waals surface area contributed by atoms with Crippen molar-refractivity contribution in [3.63, 3.8) is 0 Å². The van der Waals surface area contributed by atoms with E-state index in [9.17, 15) is 9.59 Å². The second kappa shape index (κ2) is 13.3. The molecule has 3 aromatic carbocycles. The van der Waals surface area contributed by atoms with Crippen LogP contribution < -0.4 is 19.5 Å². The molecule has 0 heterocycles. The summed E-state index contributed by atoms with van der Waals surface area (Å²) in [5, 5.41) is 3.00. The van der Waals surface area contributed by atoms with E-state index in [-0.39, 0.29) is 31.0 Å². The quantitative estimate of drug-likeness (QED) is 0.391. The van der Waals surface area contributed by atoms with Crippen LogP contribution in [0.15, 0.2) is 72.8 Å². The summed E-state index contributed by atoms with van der Waals surface area (Å²) in [6, 6.07) is 21.9. The van der Waals surface area contributed by atoms with Gasteiger partial charge in [-0.15, -0.1) is 0 Å². The summed E-state index contributed by atoms with van der Waals surface area (Å²) in [5.74, 6) is 1.04. The SMILES string of the molecule is COc1cc(OC)cc(OCC(=O)N(Cc2ccccc2C)[C@H](Cc2ccccc2)C(=O)NC(C)C)c1. The van der Waals surface area contributed by atoms with E-state index in [4.69, 9.17) is 14.2 Å². The molecule has 2 amide bonds. The monoisotopic (exact) mass is 504 g/mol. The van der Waals surface area contributed by atoms with Gasteiger partial charge in [0.2, 0.25) is 5.91 Å². The number of amides is 2. The molecule has 1 N–H and O–H groups in total. The molecule has 0 spiro atoms. The molecule has 0 bridgehead atoms. The fraction of sp³-hybridized carbons (Fsp3) is 0.333. The zero-order chi connectivity index (χ0) is 26.8. The summed E-state index contributed by atoms with van der Waals surface area (Å²) in [5.41, 5.74) is 2.98. The lowest BCUT2D eigenvalue weighted by Gasteiger charge is -2.32. The second-order valence-electron chi connectivity index (χ2n) is 9.15. The third-order valence-electron chi connectivity index (χ3n) is 5.99. The smallest absolute Gasteiger partial charge is 0.261 e. The van der Waals surface area contributed by atoms with Crippen molar-refractivity contribution in [2.75, 3.05) is 20.8 Å². The van der Waals surface area contributed by atoms with Crippen LogP contribution in [0, 0.1) is 6.92 Å². The number of hydrogen-bond donors (Lipinski definition) is 1. The first-order valence-electron chi connectivity index (χ1n) is 12.3. The largest absolute Gasteiger partial charge is 0.496 e. The number of benzene rings is 3. The molecular weight excluding hydrogens is 468 g/mol. The number of nitrogens with zero attached hydrogens (tertiary/aromatic N) is 1. The molecule has 0 aromatic heterocycles. The summed E-state index contributed by atoms with van der Waals surface area (Å²) < 4.78 is 16.5. The van der Waals surface area contributed by atoms with Crippen molar-refractivity contribution in [3.05, 3.63) is 89.5 Å². The van der Waals surface area contributed by atoms with Crippen molar-refractivity contribution in [1.29, 1.82) is 0 Å². The van der Waals surface area contributed by atoms with Crippen LogP contribution in [0.3, 0.4) is 0 Å². The Labute approximate surface area is 219 Å². The standard InChI is InChI=1S/C30H36N2O5/c1-21(2)31-30(34)28(15-23-12-7-6-8-13-23)32(19-24-14-10-9-11-22(24)3)29(33)20-37-27-17-25(35-4)16-26(18-27)36-5/h6-14,16-18,21,28H,15,19-20H2,1-5H3,(H,31,34)/t28-/m1/s1. The summed E-state index contributed by atoms with van der Waals surface area (Å²) >= 11 is 0. The van der Waals surface area contributed by atoms with Crippen LogP contribution in [0.1, 0.15) is 30.5 Å². The third kappa shape index (κ3) is 8.00. The lowest BCUT2D eigenvalue weighted by molar-refractivity contribution is -0.143. The molecule has 0 aliphatic carbocycles. The van der Waals surface area contributed by atoms with E-state index in [1.807, 2.05) is 75.4 Å². The van der Waals surface area contributed by atoms with Crippen LogP contribution >= 0.6 is 0 Å². The predicted octanol–water partition coefficient (Wildman–Crippen LogP) is 4.56. The van der Waals surface area contributed by atoms with Crippen molar-refractivity contribution in [1.82, 2.24) is 10.2 Å². The van der Waals surface area contributed by atoms with E-state index in [2.05, 4.69) is 5.32 Å². The minimum absolute atomic E-state index is 0.0679. The van der Waals surface area contributed by atoms with E-state index >= 15 is 0 Å². The predicted molar refractivity (Wildman–Crippen MR) is 144 cm³/mol. The molecule has 0 saturated carbocycles. The van der Waals surface area contributed by atoms with Crippen LogP contribution in [-0.2, 0) is 22.6 Å². The van der Waals surface area contributed by atoms with Gasteiger partial charge in [0.05, 0.1) is 14.2 Å². The van der Waals surface area contributed by atoms with Gasteiger partial charge in [0, 0.05) is 37.2 Å². The summed E-state index contributed by atoms with van der Waals surface area (Å²) in [6.07, 6.45) is 0.379. The molecule has 3 rings (SSSR count). The molecule has 0 aliphatic heterocycles. The van der Waals surface area contributed by atoms with Crippen LogP contribution in [0.4, 0.5) is 0 Å². The van der Waals surface area contributed by atoms with Gasteiger partial charge >= 0.3 is 0 Å². The molecule has 196 valence electrons. The molecular formula is C30H36N2O5. The number of methoxy groups -OCH3 is 2. The highest BCUT2D eigenvalue weighted by atomic mass is 16.5. The third-order valence-corrected chi connectivity index (χ3v) is 5.99. The number of nitrogens with one attached hydrogen (secondary N) is 1. The van der Waals surface area contributed by atoms with Gasteiger partial charge in [-0.2, -0.15) is 0 Å². The average molecular weight is 505 g/mol. The van der Waals surface area contributed by atoms with Gasteiger partial charge in [-0.1, -0.05) is 54.6 Å². The molecule has 3 aromatic rings. The number of carbonyl (C=O) groups excluding carboxylic acids is 2. The topological polar surface area (TPSA) is 77.1 Å². The Morgan fingerprint density at radius 3 is 2.05 bits per heavy atom. The van der Waals surface area contributed by atoms with Gasteiger partial charge in [0.15, 0.2) is 6.61 Å². The van der Waals surface area contributed by atoms with E-state index < -0.39 is 6.04 Å². The maximum absolute atomic E-state index is 13.7. The van der Waals surface area contributed by atoms with Crippen LogP contribution in [0.25, 0.3) is 0 Å².